The SMILES string of the molecule is CCOc1cc(C=Nn2c(C3CCCCC3)nc3ccc(Br)cc3c2=O)ccc1O[C@@H](C)C(=O)OC. The third kappa shape index (κ3) is 5.78. The highest BCUT2D eigenvalue weighted by Crippen LogP contribution is 2.32. The molecule has 8 nitrogen and oxygen atoms in total. The highest BCUT2D eigenvalue weighted by Gasteiger charge is 2.23. The van der Waals surface area contributed by atoms with Crippen LogP contribution in [0.25, 0.3) is 10.9 Å². The Morgan fingerprint density at radius 3 is 2.69 bits per heavy atom. The van der Waals surface area contributed by atoms with Gasteiger partial charge in [0.2, 0.25) is 0 Å². The number of aromatic nitrogens is 2. The summed E-state index contributed by atoms with van der Waals surface area (Å²) in [7, 11) is 1.31. The van der Waals surface area contributed by atoms with E-state index in [-0.39, 0.29) is 11.5 Å². The molecular weight excluding hydrogens is 526 g/mol. The maximum Gasteiger partial charge on any atom is 0.346 e. The first-order valence-electron chi connectivity index (χ1n) is 12.2. The van der Waals surface area contributed by atoms with Crippen molar-refractivity contribution in [2.75, 3.05) is 13.7 Å². The van der Waals surface area contributed by atoms with E-state index in [0.717, 1.165) is 30.2 Å². The van der Waals surface area contributed by atoms with Crippen molar-refractivity contribution < 1.29 is 19.0 Å². The summed E-state index contributed by atoms with van der Waals surface area (Å²) in [6.45, 7) is 3.89. The first kappa shape index (κ1) is 25.9. The predicted octanol–water partition coefficient (Wildman–Crippen LogP) is 5.43. The fraction of sp³-hybridized carbons (Fsp3) is 0.407. The minimum atomic E-state index is -0.784. The highest BCUT2D eigenvalue weighted by molar-refractivity contribution is 9.10. The van der Waals surface area contributed by atoms with Gasteiger partial charge >= 0.3 is 5.97 Å². The van der Waals surface area contributed by atoms with Gasteiger partial charge in [0, 0.05) is 10.4 Å². The summed E-state index contributed by atoms with van der Waals surface area (Å²) in [5.41, 5.74) is 1.19. The van der Waals surface area contributed by atoms with Crippen LogP contribution in [0.15, 0.2) is 50.8 Å². The van der Waals surface area contributed by atoms with Crippen molar-refractivity contribution in [2.24, 2.45) is 5.10 Å². The first-order chi connectivity index (χ1) is 17.4. The first-order valence-corrected chi connectivity index (χ1v) is 13.0. The van der Waals surface area contributed by atoms with Crippen LogP contribution in [-0.2, 0) is 9.53 Å². The van der Waals surface area contributed by atoms with Gasteiger partial charge in [-0.1, -0.05) is 35.2 Å². The zero-order chi connectivity index (χ0) is 25.7. The van der Waals surface area contributed by atoms with Gasteiger partial charge in [0.25, 0.3) is 5.56 Å². The Morgan fingerprint density at radius 1 is 1.19 bits per heavy atom. The number of methoxy groups -OCH3 is 1. The van der Waals surface area contributed by atoms with Crippen LogP contribution in [0.2, 0.25) is 0 Å². The van der Waals surface area contributed by atoms with Crippen molar-refractivity contribution >= 4 is 39.0 Å². The molecule has 1 aliphatic carbocycles. The number of esters is 1. The van der Waals surface area contributed by atoms with Crippen LogP contribution < -0.4 is 15.0 Å². The van der Waals surface area contributed by atoms with Crippen molar-refractivity contribution in [3.63, 3.8) is 0 Å². The van der Waals surface area contributed by atoms with Gasteiger partial charge in [-0.3, -0.25) is 4.79 Å². The molecule has 0 amide bonds. The van der Waals surface area contributed by atoms with E-state index in [2.05, 4.69) is 21.0 Å². The second-order valence-electron chi connectivity index (χ2n) is 8.75. The van der Waals surface area contributed by atoms with Crippen LogP contribution >= 0.6 is 15.9 Å². The van der Waals surface area contributed by atoms with Gasteiger partial charge in [0.1, 0.15) is 5.82 Å². The molecule has 0 radical (unpaired) electrons. The maximum absolute atomic E-state index is 13.5. The lowest BCUT2D eigenvalue weighted by Crippen LogP contribution is -2.25. The molecular formula is C27H30BrN3O5. The third-order valence-electron chi connectivity index (χ3n) is 6.23. The normalized spacial score (nSPS) is 15.2. The zero-order valence-corrected chi connectivity index (χ0v) is 22.3. The molecule has 9 heteroatoms. The average molecular weight is 556 g/mol. The zero-order valence-electron chi connectivity index (χ0n) is 20.7. The van der Waals surface area contributed by atoms with E-state index in [9.17, 15) is 9.59 Å². The molecule has 0 bridgehead atoms. The summed E-state index contributed by atoms with van der Waals surface area (Å²) in [5, 5.41) is 5.11. The number of carbonyl (C=O) groups is 1. The molecule has 4 rings (SSSR count). The smallest absolute Gasteiger partial charge is 0.346 e. The van der Waals surface area contributed by atoms with E-state index in [4.69, 9.17) is 19.2 Å². The lowest BCUT2D eigenvalue weighted by molar-refractivity contribution is -0.147. The van der Waals surface area contributed by atoms with Crippen molar-refractivity contribution in [3.05, 3.63) is 62.6 Å². The Morgan fingerprint density at radius 2 is 1.97 bits per heavy atom. The molecule has 1 aliphatic rings. The number of halogens is 1. The monoisotopic (exact) mass is 555 g/mol. The van der Waals surface area contributed by atoms with Crippen molar-refractivity contribution in [1.29, 1.82) is 0 Å². The number of ether oxygens (including phenoxy) is 3. The standard InChI is InChI=1S/C27H30BrN3O5/c1-4-35-24-14-18(10-13-23(24)36-17(2)27(33)34-3)16-29-31-25(19-8-6-5-7-9-19)30-22-12-11-20(28)15-21(22)26(31)32/h10-17,19H,4-9H2,1-3H3/t17-/m0/s1. The molecule has 1 saturated carbocycles. The molecule has 2 aromatic carbocycles. The van der Waals surface area contributed by atoms with Gasteiger partial charge in [-0.25, -0.2) is 9.78 Å². The second kappa shape index (κ2) is 11.7. The van der Waals surface area contributed by atoms with E-state index in [1.54, 1.807) is 37.4 Å². The van der Waals surface area contributed by atoms with E-state index in [1.165, 1.54) is 18.2 Å². The fourth-order valence-corrected chi connectivity index (χ4v) is 4.76. The van der Waals surface area contributed by atoms with Gasteiger partial charge in [0.05, 0.1) is 30.8 Å². The predicted molar refractivity (Wildman–Crippen MR) is 142 cm³/mol. The number of hydrogen-bond acceptors (Lipinski definition) is 7. The lowest BCUT2D eigenvalue weighted by Gasteiger charge is -2.22. The number of carbonyl (C=O) groups excluding carboxylic acids is 1. The quantitative estimate of drug-likeness (QED) is 0.272. The molecule has 0 saturated heterocycles. The molecule has 1 aromatic heterocycles. The van der Waals surface area contributed by atoms with Crippen molar-refractivity contribution in [3.8, 4) is 11.5 Å². The Labute approximate surface area is 218 Å². The molecule has 0 spiro atoms. The van der Waals surface area contributed by atoms with Crippen LogP contribution in [0.4, 0.5) is 0 Å². The van der Waals surface area contributed by atoms with Crippen molar-refractivity contribution in [2.45, 2.75) is 58.0 Å². The summed E-state index contributed by atoms with van der Waals surface area (Å²) in [6.07, 6.45) is 6.25. The molecule has 1 atom stereocenters. The largest absolute Gasteiger partial charge is 0.490 e. The third-order valence-corrected chi connectivity index (χ3v) is 6.72. The van der Waals surface area contributed by atoms with Crippen molar-refractivity contribution in [1.82, 2.24) is 9.66 Å². The number of hydrogen-bond donors (Lipinski definition) is 0. The summed E-state index contributed by atoms with van der Waals surface area (Å²) < 4.78 is 18.5. The topological polar surface area (TPSA) is 92.0 Å². The van der Waals surface area contributed by atoms with Crippen LogP contribution in [-0.4, -0.2) is 41.7 Å². The minimum absolute atomic E-state index is 0.186. The average Bonchev–Trinajstić information content (AvgIpc) is 2.89. The molecule has 0 aliphatic heterocycles. The Balaban J connectivity index is 1.73. The summed E-state index contributed by atoms with van der Waals surface area (Å²) in [5.74, 6) is 1.30. The van der Waals surface area contributed by atoms with Crippen LogP contribution in [0.3, 0.4) is 0 Å². The lowest BCUT2D eigenvalue weighted by atomic mass is 9.88. The molecule has 190 valence electrons. The van der Waals surface area contributed by atoms with E-state index in [0.29, 0.717) is 40.4 Å². The van der Waals surface area contributed by atoms with Crippen LogP contribution in [0.5, 0.6) is 11.5 Å². The fourth-order valence-electron chi connectivity index (χ4n) is 4.40. The minimum Gasteiger partial charge on any atom is -0.490 e. The summed E-state index contributed by atoms with van der Waals surface area (Å²) in [6, 6.07) is 10.8. The van der Waals surface area contributed by atoms with Gasteiger partial charge in [-0.2, -0.15) is 9.78 Å². The summed E-state index contributed by atoms with van der Waals surface area (Å²) >= 11 is 3.45. The number of rotatable bonds is 8. The Bertz CT molecular complexity index is 1330. The van der Waals surface area contributed by atoms with Gasteiger partial charge in [-0.15, -0.1) is 0 Å². The van der Waals surface area contributed by atoms with E-state index >= 15 is 0 Å². The highest BCUT2D eigenvalue weighted by atomic mass is 79.9. The van der Waals surface area contributed by atoms with Crippen LogP contribution in [0, 0.1) is 0 Å². The molecule has 0 unspecified atom stereocenters. The second-order valence-corrected chi connectivity index (χ2v) is 9.67. The Hall–Kier alpha value is -3.20. The number of fused-ring (bicyclic) bond motifs is 1. The maximum atomic E-state index is 13.5. The summed E-state index contributed by atoms with van der Waals surface area (Å²) in [4.78, 5) is 30.1. The molecule has 1 fully saturated rings. The molecule has 1 heterocycles. The van der Waals surface area contributed by atoms with Gasteiger partial charge in [0.15, 0.2) is 17.6 Å². The van der Waals surface area contributed by atoms with E-state index in [1.807, 2.05) is 19.1 Å². The number of benzene rings is 2. The number of nitrogens with zero attached hydrogens (tertiary/aromatic N) is 3. The molecule has 0 N–H and O–H groups in total. The Kier molecular flexibility index (Phi) is 8.40. The molecule has 3 aromatic rings. The van der Waals surface area contributed by atoms with Crippen LogP contribution in [0.1, 0.15) is 63.3 Å². The van der Waals surface area contributed by atoms with E-state index < -0.39 is 12.1 Å². The molecule has 36 heavy (non-hydrogen) atoms. The van der Waals surface area contributed by atoms with Gasteiger partial charge in [-0.05, 0) is 68.7 Å². The van der Waals surface area contributed by atoms with Gasteiger partial charge < -0.3 is 14.2 Å².